The summed E-state index contributed by atoms with van der Waals surface area (Å²) in [4.78, 5) is 0. The second-order valence-electron chi connectivity index (χ2n) is 3.07. The summed E-state index contributed by atoms with van der Waals surface area (Å²) >= 11 is 0. The third-order valence-electron chi connectivity index (χ3n) is 1.54. The van der Waals surface area contributed by atoms with Crippen molar-refractivity contribution >= 4 is 0 Å². The molecule has 0 aromatic heterocycles. The monoisotopic (exact) mass is 153 g/mol. The molecule has 0 aliphatic rings. The van der Waals surface area contributed by atoms with E-state index in [2.05, 4.69) is 29.1 Å². The minimum atomic E-state index is 0. The van der Waals surface area contributed by atoms with Crippen molar-refractivity contribution in [3.05, 3.63) is 0 Å². The molecule has 0 saturated heterocycles. The molecule has 0 unspecified atom stereocenters. The molecule has 0 aliphatic carbocycles. The van der Waals surface area contributed by atoms with Gasteiger partial charge in [-0.1, -0.05) is 35.1 Å². The van der Waals surface area contributed by atoms with E-state index in [-0.39, 0.29) is 7.43 Å². The zero-order chi connectivity index (χ0) is 8.73. The van der Waals surface area contributed by atoms with Gasteiger partial charge in [0.2, 0.25) is 0 Å². The maximum atomic E-state index is 8.75. The van der Waals surface area contributed by atoms with E-state index in [1.54, 1.807) is 0 Å². The van der Waals surface area contributed by atoms with E-state index in [0.717, 1.165) is 0 Å². The lowest BCUT2D eigenvalue weighted by Gasteiger charge is -2.18. The summed E-state index contributed by atoms with van der Waals surface area (Å²) in [5.74, 6) is 1.24. The highest BCUT2D eigenvalue weighted by Crippen LogP contribution is 2.07. The standard InChI is InChI=1S/C7H17N.CH4.FH/c1-5(2)7(8)6(3)4;;/h5-7H,8H2,1-4H3;1H4;1H/i/hT. The van der Waals surface area contributed by atoms with Crippen LogP contribution < -0.4 is 5.73 Å². The molecule has 2 N–H and O–H groups in total. The SMILES string of the molecule is C.CC(C)C(N)C(C)C.[3H]F. The van der Waals surface area contributed by atoms with Gasteiger partial charge < -0.3 is 5.73 Å². The molecule has 0 aliphatic heterocycles. The first-order chi connectivity index (χ1) is 4.55. The molecule has 0 amide bonds. The molecule has 0 heterocycles. The lowest BCUT2D eigenvalue weighted by atomic mass is 9.95. The summed E-state index contributed by atoms with van der Waals surface area (Å²) in [7, 11) is 0. The number of rotatable bonds is 2. The fourth-order valence-corrected chi connectivity index (χ4v) is 0.770. The molecule has 66 valence electrons. The fourth-order valence-electron chi connectivity index (χ4n) is 0.770. The van der Waals surface area contributed by atoms with E-state index in [9.17, 15) is 0 Å². The van der Waals surface area contributed by atoms with Crippen LogP contribution in [-0.4, -0.2) is 7.49 Å². The van der Waals surface area contributed by atoms with Crippen molar-refractivity contribution in [2.75, 3.05) is 0 Å². The first-order valence-electron chi connectivity index (χ1n) is 3.69. The third kappa shape index (κ3) is 6.02. The Labute approximate surface area is 65.9 Å². The summed E-state index contributed by atoms with van der Waals surface area (Å²) in [5, 5.41) is 0. The van der Waals surface area contributed by atoms with Crippen molar-refractivity contribution in [2.24, 2.45) is 17.6 Å². The van der Waals surface area contributed by atoms with E-state index in [1.165, 1.54) is 0 Å². The smallest absolute Gasteiger partial charge is 0.269 e. The van der Waals surface area contributed by atoms with Gasteiger partial charge in [0.05, 0.1) is 0 Å². The van der Waals surface area contributed by atoms with Crippen molar-refractivity contribution in [3.63, 3.8) is 0 Å². The molecule has 0 aromatic rings. The molecule has 0 bridgehead atoms. The number of nitrogens with two attached hydrogens (primary N) is 1. The molecule has 0 atom stereocenters. The van der Waals surface area contributed by atoms with Crippen molar-refractivity contribution in [1.29, 1.82) is 1.45 Å². The highest BCUT2D eigenvalue weighted by molar-refractivity contribution is 4.67. The Bertz CT molecular complexity index is 59.1. The van der Waals surface area contributed by atoms with Crippen LogP contribution in [0.4, 0.5) is 4.72 Å². The quantitative estimate of drug-likeness (QED) is 0.647. The predicted molar refractivity (Wildman–Crippen MR) is 46.9 cm³/mol. The number of halogens is 1. The lowest BCUT2D eigenvalue weighted by molar-refractivity contribution is 0.386. The molecule has 0 fully saturated rings. The molecular weight excluding hydrogens is 129 g/mol. The first kappa shape index (κ1) is 12.6. The van der Waals surface area contributed by atoms with Gasteiger partial charge in [-0.3, -0.25) is 4.72 Å². The molecule has 0 saturated carbocycles. The maximum absolute atomic E-state index is 8.75. The van der Waals surface area contributed by atoms with Crippen molar-refractivity contribution in [1.82, 2.24) is 0 Å². The average Bonchev–Trinajstić information content (AvgIpc) is 1.90. The van der Waals surface area contributed by atoms with Crippen LogP contribution in [0.25, 0.3) is 0 Å². The Morgan fingerprint density at radius 3 is 1.30 bits per heavy atom. The fraction of sp³-hybridized carbons (Fsp3) is 1.00. The van der Waals surface area contributed by atoms with Crippen LogP contribution in [0, 0.1) is 11.8 Å². The van der Waals surface area contributed by atoms with Crippen molar-refractivity contribution < 1.29 is 4.72 Å². The van der Waals surface area contributed by atoms with Gasteiger partial charge >= 0.3 is 0 Å². The van der Waals surface area contributed by atoms with Gasteiger partial charge in [-0.15, -0.1) is 0 Å². The number of hydrogen-bond donors (Lipinski definition) is 1. The van der Waals surface area contributed by atoms with E-state index in [4.69, 9.17) is 10.5 Å². The molecular formula is C8H22FN. The summed E-state index contributed by atoms with van der Waals surface area (Å²) in [6.07, 6.45) is 0. The van der Waals surface area contributed by atoms with Crippen LogP contribution in [0.1, 0.15) is 35.1 Å². The van der Waals surface area contributed by atoms with Crippen LogP contribution in [0.15, 0.2) is 0 Å². The maximum Gasteiger partial charge on any atom is 0.269 e. The highest BCUT2D eigenvalue weighted by atomic mass is 19.0. The zero-order valence-electron chi connectivity index (χ0n) is 7.69. The molecule has 1 nitrogen and oxygen atoms in total. The third-order valence-corrected chi connectivity index (χ3v) is 1.54. The Kier molecular flexibility index (Phi) is 8.79. The Balaban J connectivity index is -0.000000196. The Morgan fingerprint density at radius 1 is 1.10 bits per heavy atom. The largest absolute Gasteiger partial charge is 0.327 e. The number of hydrogen-bond acceptors (Lipinski definition) is 1. The molecule has 0 spiro atoms. The van der Waals surface area contributed by atoms with E-state index in [1.807, 2.05) is 0 Å². The predicted octanol–water partition coefficient (Wildman–Crippen LogP) is 2.41. The first-order valence-corrected chi connectivity index (χ1v) is 3.31. The minimum Gasteiger partial charge on any atom is -0.327 e. The summed E-state index contributed by atoms with van der Waals surface area (Å²) < 4.78 is 13.0. The van der Waals surface area contributed by atoms with Gasteiger partial charge in [0.15, 0.2) is 0 Å². The van der Waals surface area contributed by atoms with Gasteiger partial charge in [-0.2, -0.15) is 0 Å². The molecule has 10 heavy (non-hydrogen) atoms. The molecule has 0 rings (SSSR count). The molecule has 2 heteroatoms. The second kappa shape index (κ2) is 7.00. The molecule has 0 aromatic carbocycles. The Hall–Kier alpha value is -0.110. The van der Waals surface area contributed by atoms with Crippen LogP contribution in [0.2, 0.25) is 0 Å². The lowest BCUT2D eigenvalue weighted by Crippen LogP contribution is -2.31. The van der Waals surface area contributed by atoms with Crippen LogP contribution >= 0.6 is 0 Å². The topological polar surface area (TPSA) is 26.0 Å². The van der Waals surface area contributed by atoms with Crippen LogP contribution in [-0.2, 0) is 0 Å². The van der Waals surface area contributed by atoms with E-state index in [0.29, 0.717) is 17.9 Å². The van der Waals surface area contributed by atoms with Gasteiger partial charge in [-0.05, 0) is 11.8 Å². The van der Waals surface area contributed by atoms with Gasteiger partial charge in [-0.25, -0.2) is 0 Å². The average molecular weight is 153 g/mol. The van der Waals surface area contributed by atoms with Gasteiger partial charge in [0.25, 0.3) is 1.45 Å². The van der Waals surface area contributed by atoms with Crippen LogP contribution in [0.5, 0.6) is 0 Å². The Morgan fingerprint density at radius 2 is 1.30 bits per heavy atom. The second-order valence-corrected chi connectivity index (χ2v) is 3.07. The summed E-state index contributed by atoms with van der Waals surface area (Å²) in [5.41, 5.74) is 5.76. The zero-order valence-corrected chi connectivity index (χ0v) is 6.69. The van der Waals surface area contributed by atoms with Crippen molar-refractivity contribution in [3.8, 4) is 0 Å². The highest BCUT2D eigenvalue weighted by Gasteiger charge is 2.10. The van der Waals surface area contributed by atoms with Crippen molar-refractivity contribution in [2.45, 2.75) is 41.2 Å². The minimum absolute atomic E-state index is 0. The van der Waals surface area contributed by atoms with Gasteiger partial charge in [0.1, 0.15) is 0 Å². The van der Waals surface area contributed by atoms with E-state index >= 15 is 0 Å². The van der Waals surface area contributed by atoms with Gasteiger partial charge in [0, 0.05) is 6.04 Å². The molecule has 0 radical (unpaired) electrons. The van der Waals surface area contributed by atoms with Crippen LogP contribution in [0.3, 0.4) is 0 Å². The summed E-state index contributed by atoms with van der Waals surface area (Å²) in [6, 6.07) is 0.370. The normalized spacial score (nSPS) is 10.3. The van der Waals surface area contributed by atoms with E-state index < -0.39 is 0 Å². The summed E-state index contributed by atoms with van der Waals surface area (Å²) in [6.45, 7) is 8.63.